The molecule has 4 amide bonds. The number of piperazine rings is 1. The Hall–Kier alpha value is -3.53. The van der Waals surface area contributed by atoms with E-state index in [2.05, 4.69) is 15.5 Å². The Labute approximate surface area is 179 Å². The lowest BCUT2D eigenvalue weighted by atomic mass is 10.2. The second-order valence-corrected chi connectivity index (χ2v) is 7.22. The van der Waals surface area contributed by atoms with Crippen molar-refractivity contribution in [3.05, 3.63) is 42.4 Å². The Morgan fingerprint density at radius 3 is 2.48 bits per heavy atom. The maximum Gasteiger partial charge on any atom is 0.325 e. The average Bonchev–Trinajstić information content (AvgIpc) is 3.32. The molecule has 0 unspecified atom stereocenters. The van der Waals surface area contributed by atoms with E-state index in [-0.39, 0.29) is 18.2 Å². The molecule has 10 heteroatoms. The molecule has 2 aliphatic rings. The first-order valence-corrected chi connectivity index (χ1v) is 10.1. The minimum atomic E-state index is -0.601. The van der Waals surface area contributed by atoms with Crippen molar-refractivity contribution in [2.45, 2.75) is 6.42 Å². The van der Waals surface area contributed by atoms with Gasteiger partial charge in [0.25, 0.3) is 5.91 Å². The third-order valence-electron chi connectivity index (χ3n) is 5.10. The van der Waals surface area contributed by atoms with Crippen LogP contribution in [-0.4, -0.2) is 73.6 Å². The van der Waals surface area contributed by atoms with E-state index < -0.39 is 6.03 Å². The van der Waals surface area contributed by atoms with Crippen LogP contribution in [0.25, 0.3) is 0 Å². The molecule has 2 N–H and O–H groups in total. The van der Waals surface area contributed by atoms with Gasteiger partial charge >= 0.3 is 6.03 Å². The average molecular weight is 428 g/mol. The van der Waals surface area contributed by atoms with Crippen molar-refractivity contribution in [2.75, 3.05) is 51.3 Å². The molecule has 0 aliphatic carbocycles. The predicted molar refractivity (Wildman–Crippen MR) is 110 cm³/mol. The molecule has 1 aromatic carbocycles. The van der Waals surface area contributed by atoms with Gasteiger partial charge in [0.2, 0.25) is 5.91 Å². The van der Waals surface area contributed by atoms with E-state index in [1.54, 1.807) is 35.2 Å². The topological polar surface area (TPSA) is 113 Å². The molecule has 1 saturated heterocycles. The lowest BCUT2D eigenvalue weighted by molar-refractivity contribution is -0.120. The highest BCUT2D eigenvalue weighted by Crippen LogP contribution is 2.32. The van der Waals surface area contributed by atoms with E-state index in [0.29, 0.717) is 68.9 Å². The number of nitrogens with zero attached hydrogens (tertiary/aromatic N) is 2. The second-order valence-electron chi connectivity index (χ2n) is 7.22. The highest BCUT2D eigenvalue weighted by molar-refractivity contribution is 6.01. The molecular weight excluding hydrogens is 404 g/mol. The van der Waals surface area contributed by atoms with Gasteiger partial charge in [-0.3, -0.25) is 19.8 Å². The number of hydrogen-bond donors (Lipinski definition) is 2. The fraction of sp³-hybridized carbons (Fsp3) is 0.381. The van der Waals surface area contributed by atoms with Crippen LogP contribution in [0.15, 0.2) is 41.0 Å². The lowest BCUT2D eigenvalue weighted by Crippen LogP contribution is -2.49. The number of nitrogens with one attached hydrogen (secondary N) is 2. The monoisotopic (exact) mass is 428 g/mol. The zero-order valence-corrected chi connectivity index (χ0v) is 17.0. The van der Waals surface area contributed by atoms with Gasteiger partial charge in [-0.15, -0.1) is 0 Å². The van der Waals surface area contributed by atoms with Gasteiger partial charge in [0.1, 0.15) is 13.2 Å². The first-order valence-electron chi connectivity index (χ1n) is 10.1. The minimum absolute atomic E-state index is 0.127. The Kier molecular flexibility index (Phi) is 6.37. The number of amides is 4. The number of carbonyl (C=O) groups excluding carboxylic acids is 3. The molecule has 0 saturated carbocycles. The number of furan rings is 1. The van der Waals surface area contributed by atoms with E-state index in [4.69, 9.17) is 13.9 Å². The quantitative estimate of drug-likeness (QED) is 0.743. The second kappa shape index (κ2) is 9.52. The first-order chi connectivity index (χ1) is 15.1. The third-order valence-corrected chi connectivity index (χ3v) is 5.10. The van der Waals surface area contributed by atoms with Gasteiger partial charge in [-0.2, -0.15) is 0 Å². The van der Waals surface area contributed by atoms with Crippen molar-refractivity contribution in [1.82, 2.24) is 15.1 Å². The molecule has 2 aromatic rings. The van der Waals surface area contributed by atoms with Crippen LogP contribution in [0.3, 0.4) is 0 Å². The summed E-state index contributed by atoms with van der Waals surface area (Å²) in [5.74, 6) is 1.01. The number of ether oxygens (including phenoxy) is 2. The summed E-state index contributed by atoms with van der Waals surface area (Å²) in [5.41, 5.74) is 0.506. The first kappa shape index (κ1) is 20.7. The van der Waals surface area contributed by atoms with Gasteiger partial charge in [0.05, 0.1) is 6.26 Å². The van der Waals surface area contributed by atoms with E-state index in [1.165, 1.54) is 6.26 Å². The number of hydrogen-bond acceptors (Lipinski definition) is 7. The predicted octanol–water partition coefficient (Wildman–Crippen LogP) is 1.55. The Morgan fingerprint density at radius 1 is 0.968 bits per heavy atom. The van der Waals surface area contributed by atoms with Crippen LogP contribution in [0.1, 0.15) is 17.0 Å². The van der Waals surface area contributed by atoms with E-state index in [1.807, 2.05) is 0 Å². The molecule has 31 heavy (non-hydrogen) atoms. The van der Waals surface area contributed by atoms with Crippen LogP contribution < -0.4 is 20.1 Å². The van der Waals surface area contributed by atoms with Gasteiger partial charge < -0.3 is 24.1 Å². The van der Waals surface area contributed by atoms with Crippen LogP contribution in [-0.2, 0) is 4.79 Å². The SMILES string of the molecule is O=C(CCN1CCN(C(=O)c2ccco2)CC1)NC(=O)Nc1ccc2c(c1)OCCO2. The smallest absolute Gasteiger partial charge is 0.325 e. The van der Waals surface area contributed by atoms with E-state index in [0.717, 1.165) is 0 Å². The zero-order valence-electron chi connectivity index (χ0n) is 17.0. The third kappa shape index (κ3) is 5.34. The Balaban J connectivity index is 1.17. The van der Waals surface area contributed by atoms with Crippen LogP contribution in [0, 0.1) is 0 Å². The normalized spacial score (nSPS) is 15.9. The van der Waals surface area contributed by atoms with Crippen molar-refractivity contribution in [3.8, 4) is 11.5 Å². The maximum absolute atomic E-state index is 12.3. The van der Waals surface area contributed by atoms with Gasteiger partial charge in [-0.1, -0.05) is 0 Å². The lowest BCUT2D eigenvalue weighted by Gasteiger charge is -2.34. The summed E-state index contributed by atoms with van der Waals surface area (Å²) >= 11 is 0. The van der Waals surface area contributed by atoms with E-state index >= 15 is 0 Å². The van der Waals surface area contributed by atoms with Crippen molar-refractivity contribution >= 4 is 23.5 Å². The maximum atomic E-state index is 12.3. The van der Waals surface area contributed by atoms with Crippen molar-refractivity contribution in [1.29, 1.82) is 0 Å². The number of benzene rings is 1. The number of rotatable bonds is 5. The summed E-state index contributed by atoms with van der Waals surface area (Å²) in [4.78, 5) is 40.3. The standard InChI is InChI=1S/C21H24N4O6/c26-19(23-21(28)22-15-3-4-16-18(14-15)31-13-12-30-16)5-6-24-7-9-25(10-8-24)20(27)17-2-1-11-29-17/h1-4,11,14H,5-10,12-13H2,(H2,22,23,26,28). The summed E-state index contributed by atoms with van der Waals surface area (Å²) in [6.45, 7) is 3.88. The van der Waals surface area contributed by atoms with Crippen LogP contribution in [0.2, 0.25) is 0 Å². The summed E-state index contributed by atoms with van der Waals surface area (Å²) in [6, 6.07) is 7.78. The number of fused-ring (bicyclic) bond motifs is 1. The van der Waals surface area contributed by atoms with Gasteiger partial charge in [0.15, 0.2) is 17.3 Å². The molecule has 4 rings (SSSR count). The molecule has 1 fully saturated rings. The zero-order chi connectivity index (χ0) is 21.6. The van der Waals surface area contributed by atoms with Gasteiger partial charge in [-0.25, -0.2) is 4.79 Å². The molecule has 3 heterocycles. The number of urea groups is 1. The van der Waals surface area contributed by atoms with Gasteiger partial charge in [-0.05, 0) is 24.3 Å². The summed E-state index contributed by atoms with van der Waals surface area (Å²) in [6.07, 6.45) is 1.66. The minimum Gasteiger partial charge on any atom is -0.486 e. The fourth-order valence-corrected chi connectivity index (χ4v) is 3.46. The highest BCUT2D eigenvalue weighted by atomic mass is 16.6. The van der Waals surface area contributed by atoms with E-state index in [9.17, 15) is 14.4 Å². The molecule has 1 aromatic heterocycles. The summed E-state index contributed by atoms with van der Waals surface area (Å²) in [5, 5.41) is 4.95. The van der Waals surface area contributed by atoms with Gasteiger partial charge in [0, 0.05) is 50.9 Å². The molecule has 2 aliphatic heterocycles. The molecule has 10 nitrogen and oxygen atoms in total. The Bertz CT molecular complexity index is 937. The summed E-state index contributed by atoms with van der Waals surface area (Å²) < 4.78 is 16.1. The number of anilines is 1. The molecular formula is C21H24N4O6. The fourth-order valence-electron chi connectivity index (χ4n) is 3.46. The van der Waals surface area contributed by atoms with Crippen LogP contribution >= 0.6 is 0 Å². The van der Waals surface area contributed by atoms with Crippen molar-refractivity contribution in [2.24, 2.45) is 0 Å². The molecule has 0 bridgehead atoms. The highest BCUT2D eigenvalue weighted by Gasteiger charge is 2.24. The molecule has 164 valence electrons. The largest absolute Gasteiger partial charge is 0.486 e. The molecule has 0 radical (unpaired) electrons. The number of imide groups is 1. The van der Waals surface area contributed by atoms with Crippen LogP contribution in [0.4, 0.5) is 10.5 Å². The molecule has 0 spiro atoms. The van der Waals surface area contributed by atoms with Crippen molar-refractivity contribution in [3.63, 3.8) is 0 Å². The number of carbonyl (C=O) groups is 3. The van der Waals surface area contributed by atoms with Crippen molar-refractivity contribution < 1.29 is 28.3 Å². The van der Waals surface area contributed by atoms with Crippen LogP contribution in [0.5, 0.6) is 11.5 Å². The Morgan fingerprint density at radius 2 is 1.74 bits per heavy atom. The molecule has 0 atom stereocenters. The summed E-state index contributed by atoms with van der Waals surface area (Å²) in [7, 11) is 0.